The maximum Gasteiger partial charge on any atom is 0.318 e. The van der Waals surface area contributed by atoms with Gasteiger partial charge in [0.25, 0.3) is 5.78 Å². The van der Waals surface area contributed by atoms with Crippen molar-refractivity contribution in [1.82, 2.24) is 14.8 Å². The third kappa shape index (κ3) is 1.03. The van der Waals surface area contributed by atoms with Gasteiger partial charge in [-0.25, -0.2) is 9.69 Å². The Hall–Kier alpha value is -1.98. The zero-order valence-electron chi connectivity index (χ0n) is 6.84. The van der Waals surface area contributed by atoms with Crippen molar-refractivity contribution in [3.63, 3.8) is 0 Å². The van der Waals surface area contributed by atoms with Crippen LogP contribution in [0.2, 0.25) is 0 Å². The summed E-state index contributed by atoms with van der Waals surface area (Å²) in [5.41, 5.74) is 0. The van der Waals surface area contributed by atoms with Gasteiger partial charge in [0.2, 0.25) is 5.84 Å². The average molecular weight is 178 g/mol. The molecule has 1 aliphatic rings. The third-order valence-electron chi connectivity index (χ3n) is 1.66. The molecule has 0 N–H and O–H groups in total. The van der Waals surface area contributed by atoms with Crippen LogP contribution in [0.5, 0.6) is 0 Å². The second kappa shape index (κ2) is 2.51. The van der Waals surface area contributed by atoms with Crippen LogP contribution >= 0.6 is 0 Å². The van der Waals surface area contributed by atoms with Crippen molar-refractivity contribution in [3.05, 3.63) is 18.5 Å². The standard InChI is InChI=1S/C7H6N4O2/c1-10-7(13)5(12)6(9-10)11-4-2-3-8-11/h2-4H,1H3. The number of Topliss-reactive ketones (excluding diaryl/α,β-unsaturated/α-hetero) is 1. The molecule has 2 rings (SSSR count). The molecule has 0 bridgehead atoms. The van der Waals surface area contributed by atoms with Gasteiger partial charge in [-0.3, -0.25) is 9.59 Å². The number of hydrogen-bond acceptors (Lipinski definition) is 4. The minimum atomic E-state index is -0.634. The summed E-state index contributed by atoms with van der Waals surface area (Å²) in [5.74, 6) is -1.23. The molecule has 0 spiro atoms. The van der Waals surface area contributed by atoms with E-state index in [2.05, 4.69) is 10.2 Å². The van der Waals surface area contributed by atoms with Crippen molar-refractivity contribution >= 4 is 17.5 Å². The molecule has 0 aromatic carbocycles. The average Bonchev–Trinajstić information content (AvgIpc) is 2.70. The van der Waals surface area contributed by atoms with Crippen LogP contribution in [0.3, 0.4) is 0 Å². The number of amides is 1. The fourth-order valence-electron chi connectivity index (χ4n) is 1.02. The lowest BCUT2D eigenvalue weighted by Crippen LogP contribution is -2.27. The fourth-order valence-corrected chi connectivity index (χ4v) is 1.02. The summed E-state index contributed by atoms with van der Waals surface area (Å²) in [6.07, 6.45) is 3.07. The Bertz CT molecular complexity index is 393. The van der Waals surface area contributed by atoms with Gasteiger partial charge in [-0.1, -0.05) is 0 Å². The van der Waals surface area contributed by atoms with Crippen LogP contribution in [-0.4, -0.2) is 39.4 Å². The number of hydrazone groups is 1. The number of carbonyl (C=O) groups is 2. The molecule has 0 saturated carbocycles. The highest BCUT2D eigenvalue weighted by Gasteiger charge is 2.32. The quantitative estimate of drug-likeness (QED) is 0.483. The second-order valence-corrected chi connectivity index (χ2v) is 2.53. The zero-order valence-corrected chi connectivity index (χ0v) is 6.84. The van der Waals surface area contributed by atoms with Crippen LogP contribution in [0.15, 0.2) is 23.6 Å². The Labute approximate surface area is 73.4 Å². The zero-order chi connectivity index (χ0) is 9.42. The van der Waals surface area contributed by atoms with E-state index in [1.54, 1.807) is 12.3 Å². The summed E-state index contributed by atoms with van der Waals surface area (Å²) in [5, 5.41) is 8.55. The second-order valence-electron chi connectivity index (χ2n) is 2.53. The molecular weight excluding hydrogens is 172 g/mol. The van der Waals surface area contributed by atoms with Gasteiger partial charge < -0.3 is 0 Å². The molecule has 0 aliphatic carbocycles. The van der Waals surface area contributed by atoms with E-state index >= 15 is 0 Å². The Morgan fingerprint density at radius 2 is 2.15 bits per heavy atom. The van der Waals surface area contributed by atoms with Crippen LogP contribution in [0.25, 0.3) is 0 Å². The van der Waals surface area contributed by atoms with Gasteiger partial charge in [-0.05, 0) is 6.07 Å². The first-order valence-electron chi connectivity index (χ1n) is 3.61. The van der Waals surface area contributed by atoms with E-state index in [1.165, 1.54) is 17.9 Å². The van der Waals surface area contributed by atoms with Crippen LogP contribution in [-0.2, 0) is 9.59 Å². The predicted octanol–water partition coefficient (Wildman–Crippen LogP) is -0.914. The van der Waals surface area contributed by atoms with Crippen LogP contribution in [0.1, 0.15) is 0 Å². The molecule has 66 valence electrons. The summed E-state index contributed by atoms with van der Waals surface area (Å²) >= 11 is 0. The largest absolute Gasteiger partial charge is 0.318 e. The summed E-state index contributed by atoms with van der Waals surface area (Å²) in [6.45, 7) is 0. The van der Waals surface area contributed by atoms with Gasteiger partial charge in [-0.15, -0.1) is 5.10 Å². The molecule has 13 heavy (non-hydrogen) atoms. The lowest BCUT2D eigenvalue weighted by Gasteiger charge is -1.96. The van der Waals surface area contributed by atoms with Crippen molar-refractivity contribution in [1.29, 1.82) is 0 Å². The summed E-state index contributed by atoms with van der Waals surface area (Å²) < 4.78 is 1.27. The molecule has 0 fully saturated rings. The lowest BCUT2D eigenvalue weighted by molar-refractivity contribution is -0.138. The topological polar surface area (TPSA) is 67.6 Å². The van der Waals surface area contributed by atoms with Crippen molar-refractivity contribution in [2.45, 2.75) is 0 Å². The first kappa shape index (κ1) is 7.66. The SMILES string of the molecule is CN1N=C(n2cccn2)C(=O)C1=O. The molecule has 0 radical (unpaired) electrons. The highest BCUT2D eigenvalue weighted by molar-refractivity contribution is 6.66. The number of likely N-dealkylation sites (N-methyl/N-ethyl adjacent to an activating group) is 1. The minimum absolute atomic E-state index is 0.0394. The van der Waals surface area contributed by atoms with Crippen LogP contribution < -0.4 is 0 Å². The maximum atomic E-state index is 11.2. The molecular formula is C7H6N4O2. The summed E-state index contributed by atoms with van der Waals surface area (Å²) in [7, 11) is 1.43. The van der Waals surface area contributed by atoms with E-state index in [0.717, 1.165) is 5.01 Å². The third-order valence-corrected chi connectivity index (χ3v) is 1.66. The molecule has 2 heterocycles. The molecule has 1 amide bonds. The molecule has 1 aliphatic heterocycles. The Kier molecular flexibility index (Phi) is 1.48. The molecule has 6 nitrogen and oxygen atoms in total. The van der Waals surface area contributed by atoms with Gasteiger partial charge in [-0.2, -0.15) is 5.10 Å². The number of aromatic nitrogens is 2. The molecule has 0 atom stereocenters. The first-order valence-corrected chi connectivity index (χ1v) is 3.61. The highest BCUT2D eigenvalue weighted by Crippen LogP contribution is 2.02. The van der Waals surface area contributed by atoms with Crippen molar-refractivity contribution in [2.24, 2.45) is 5.10 Å². The van der Waals surface area contributed by atoms with Gasteiger partial charge in [0.05, 0.1) is 0 Å². The lowest BCUT2D eigenvalue weighted by atomic mass is 10.3. The van der Waals surface area contributed by atoms with Gasteiger partial charge in [0.1, 0.15) is 0 Å². The predicted molar refractivity (Wildman–Crippen MR) is 42.8 cm³/mol. The minimum Gasteiger partial charge on any atom is -0.279 e. The first-order chi connectivity index (χ1) is 6.20. The monoisotopic (exact) mass is 178 g/mol. The summed E-state index contributed by atoms with van der Waals surface area (Å²) in [6, 6.07) is 1.65. The van der Waals surface area contributed by atoms with Gasteiger partial charge >= 0.3 is 5.91 Å². The van der Waals surface area contributed by atoms with E-state index in [4.69, 9.17) is 0 Å². The van der Waals surface area contributed by atoms with Crippen molar-refractivity contribution in [2.75, 3.05) is 7.05 Å². The van der Waals surface area contributed by atoms with E-state index in [-0.39, 0.29) is 5.84 Å². The molecule has 1 aromatic rings. The van der Waals surface area contributed by atoms with Crippen molar-refractivity contribution in [3.8, 4) is 0 Å². The van der Waals surface area contributed by atoms with Gasteiger partial charge in [0, 0.05) is 19.4 Å². The molecule has 6 heteroatoms. The number of rotatable bonds is 0. The van der Waals surface area contributed by atoms with Crippen molar-refractivity contribution < 1.29 is 9.59 Å². The van der Waals surface area contributed by atoms with E-state index in [0.29, 0.717) is 0 Å². The van der Waals surface area contributed by atoms with Gasteiger partial charge in [0.15, 0.2) is 0 Å². The molecule has 0 unspecified atom stereocenters. The number of ketones is 1. The number of hydrogen-bond donors (Lipinski definition) is 0. The number of carbonyl (C=O) groups excluding carboxylic acids is 2. The van der Waals surface area contributed by atoms with E-state index in [9.17, 15) is 9.59 Å². The number of nitrogens with zero attached hydrogens (tertiary/aromatic N) is 4. The normalized spacial score (nSPS) is 16.7. The Balaban J connectivity index is 2.42. The molecule has 1 aromatic heterocycles. The summed E-state index contributed by atoms with van der Waals surface area (Å²) in [4.78, 5) is 22.3. The molecule has 0 saturated heterocycles. The highest BCUT2D eigenvalue weighted by atomic mass is 16.2. The van der Waals surface area contributed by atoms with E-state index in [1.807, 2.05) is 0 Å². The van der Waals surface area contributed by atoms with Crippen LogP contribution in [0.4, 0.5) is 0 Å². The van der Waals surface area contributed by atoms with E-state index < -0.39 is 11.7 Å². The maximum absolute atomic E-state index is 11.2. The van der Waals surface area contributed by atoms with Crippen LogP contribution in [0, 0.1) is 0 Å². The fraction of sp³-hybridized carbons (Fsp3) is 0.143. The Morgan fingerprint density at radius 1 is 1.38 bits per heavy atom. The smallest absolute Gasteiger partial charge is 0.279 e. The Morgan fingerprint density at radius 3 is 2.62 bits per heavy atom.